The predicted octanol–water partition coefficient (Wildman–Crippen LogP) is 9.20. The fourth-order valence-corrected chi connectivity index (χ4v) is 6.25. The number of benzene rings is 3. The van der Waals surface area contributed by atoms with Gasteiger partial charge in [0.25, 0.3) is 0 Å². The summed E-state index contributed by atoms with van der Waals surface area (Å²) >= 11 is 6.52. The molecule has 0 spiro atoms. The average Bonchev–Trinajstić information content (AvgIpc) is 3.64. The molecule has 50 heavy (non-hydrogen) atoms. The Bertz CT molecular complexity index is 1970. The van der Waals surface area contributed by atoms with Crippen LogP contribution < -0.4 is 0 Å². The topological polar surface area (TPSA) is 87.7 Å². The van der Waals surface area contributed by atoms with Crippen LogP contribution in [-0.4, -0.2) is 50.7 Å². The number of carbonyl (C=O) groups is 1. The van der Waals surface area contributed by atoms with Gasteiger partial charge in [-0.25, -0.2) is 9.36 Å². The molecule has 8 nitrogen and oxygen atoms in total. The van der Waals surface area contributed by atoms with E-state index in [1.165, 1.54) is 4.68 Å². The minimum Gasteiger partial charge on any atom is -0.415 e. The number of carbonyl (C=O) groups excluding carboxylic acids is 1. The van der Waals surface area contributed by atoms with Gasteiger partial charge in [0.2, 0.25) is 5.78 Å². The highest BCUT2D eigenvalue weighted by Crippen LogP contribution is 2.38. The summed E-state index contributed by atoms with van der Waals surface area (Å²) in [6.45, 7) is 10.2. The lowest BCUT2D eigenvalue weighted by molar-refractivity contribution is -0.143. The van der Waals surface area contributed by atoms with Crippen LogP contribution in [0.1, 0.15) is 53.6 Å². The third kappa shape index (κ3) is 7.84. The molecule has 0 aliphatic heterocycles. The molecule has 0 unspecified atom stereocenters. The fourth-order valence-electron chi connectivity index (χ4n) is 4.99. The molecule has 0 amide bonds. The monoisotopic (exact) mass is 734 g/mol. The number of hydrogen-bond acceptors (Lipinski definition) is 6. The van der Waals surface area contributed by atoms with E-state index >= 15 is 0 Å². The van der Waals surface area contributed by atoms with Crippen molar-refractivity contribution in [2.45, 2.75) is 64.3 Å². The molecule has 0 radical (unpaired) electrons. The summed E-state index contributed by atoms with van der Waals surface area (Å²) in [5, 5.41) is 17.0. The predicted molar refractivity (Wildman–Crippen MR) is 178 cm³/mol. The minimum atomic E-state index is -5.05. The summed E-state index contributed by atoms with van der Waals surface area (Å²) < 4.78 is 90.8. The average molecular weight is 735 g/mol. The van der Waals surface area contributed by atoms with E-state index in [2.05, 4.69) is 54.5 Å². The molecule has 5 aromatic rings. The zero-order valence-corrected chi connectivity index (χ0v) is 29.5. The highest BCUT2D eigenvalue weighted by atomic mass is 35.5. The molecule has 264 valence electrons. The first-order chi connectivity index (χ1) is 23.3. The first-order valence-electron chi connectivity index (χ1n) is 15.4. The molecule has 0 saturated heterocycles. The third-order valence-corrected chi connectivity index (χ3v) is 13.5. The van der Waals surface area contributed by atoms with Crippen molar-refractivity contribution in [2.75, 3.05) is 6.61 Å². The highest BCUT2D eigenvalue weighted by molar-refractivity contribution is 6.74. The van der Waals surface area contributed by atoms with Crippen molar-refractivity contribution in [3.05, 3.63) is 106 Å². The maximum atomic E-state index is 14.6. The SMILES string of the molecule is CC(C)(C)[Si](C)(C)OCCn1nnc(-c2ccccc2Cl)c1C(=O)c1nnn(Cc2cc(C(F)(F)F)cc(C(F)(F)F)c2)c1-c1ccccc1. The standard InChI is InChI=1S/C34H33ClF6N6O2Si/c1-32(2,3)50(4,5)49-16-15-46-30(27(42-44-46)25-13-9-10-14-26(25)35)31(48)28-29(22-11-7-6-8-12-22)47(45-43-28)20-21-17-23(33(36,37)38)19-24(18-21)34(39,40)41/h6-14,17-19H,15-16,20H2,1-5H3. The Morgan fingerprint density at radius 1 is 0.820 bits per heavy atom. The number of ketones is 1. The maximum absolute atomic E-state index is 14.6. The van der Waals surface area contributed by atoms with Gasteiger partial charge in [0.1, 0.15) is 17.1 Å². The molecule has 5 rings (SSSR count). The van der Waals surface area contributed by atoms with Crippen LogP contribution in [0.25, 0.3) is 22.5 Å². The second-order valence-corrected chi connectivity index (χ2v) is 18.4. The lowest BCUT2D eigenvalue weighted by Gasteiger charge is -2.36. The van der Waals surface area contributed by atoms with Gasteiger partial charge < -0.3 is 4.43 Å². The van der Waals surface area contributed by atoms with E-state index in [1.807, 2.05) is 0 Å². The fraction of sp³-hybridized carbons (Fsp3) is 0.324. The number of alkyl halides is 6. The summed E-state index contributed by atoms with van der Waals surface area (Å²) in [6, 6.07) is 16.3. The Morgan fingerprint density at radius 3 is 1.98 bits per heavy atom. The molecule has 0 N–H and O–H groups in total. The number of hydrogen-bond donors (Lipinski definition) is 0. The Kier molecular flexibility index (Phi) is 10.2. The van der Waals surface area contributed by atoms with Crippen molar-refractivity contribution in [2.24, 2.45) is 0 Å². The third-order valence-electron chi connectivity index (χ3n) is 8.63. The van der Waals surface area contributed by atoms with Crippen LogP contribution in [0.3, 0.4) is 0 Å². The maximum Gasteiger partial charge on any atom is 0.416 e. The van der Waals surface area contributed by atoms with E-state index in [1.54, 1.807) is 54.6 Å². The van der Waals surface area contributed by atoms with Crippen LogP contribution in [0.4, 0.5) is 26.3 Å². The van der Waals surface area contributed by atoms with Gasteiger partial charge in [-0.3, -0.25) is 4.79 Å². The van der Waals surface area contributed by atoms with Crippen LogP contribution in [0.5, 0.6) is 0 Å². The largest absolute Gasteiger partial charge is 0.416 e. The Balaban J connectivity index is 1.63. The molecule has 2 aromatic heterocycles. The summed E-state index contributed by atoms with van der Waals surface area (Å²) in [4.78, 5) is 14.6. The quantitative estimate of drug-likeness (QED) is 0.0808. The molecular weight excluding hydrogens is 702 g/mol. The molecule has 2 heterocycles. The van der Waals surface area contributed by atoms with Crippen molar-refractivity contribution in [3.8, 4) is 22.5 Å². The van der Waals surface area contributed by atoms with Gasteiger partial charge in [0.15, 0.2) is 14.0 Å². The van der Waals surface area contributed by atoms with Crippen LogP contribution >= 0.6 is 11.6 Å². The van der Waals surface area contributed by atoms with E-state index in [9.17, 15) is 31.1 Å². The zero-order valence-electron chi connectivity index (χ0n) is 27.7. The Hall–Kier alpha value is -4.34. The minimum absolute atomic E-state index is 0.000381. The van der Waals surface area contributed by atoms with Crippen LogP contribution in [0.2, 0.25) is 23.2 Å². The van der Waals surface area contributed by atoms with Crippen LogP contribution in [0, 0.1) is 0 Å². The molecule has 3 aromatic carbocycles. The first-order valence-corrected chi connectivity index (χ1v) is 18.7. The van der Waals surface area contributed by atoms with Crippen molar-refractivity contribution >= 4 is 25.7 Å². The summed E-state index contributed by atoms with van der Waals surface area (Å²) in [6.07, 6.45) is -10.1. The van der Waals surface area contributed by atoms with Gasteiger partial charge in [-0.2, -0.15) is 26.3 Å². The van der Waals surface area contributed by atoms with Gasteiger partial charge >= 0.3 is 12.4 Å². The van der Waals surface area contributed by atoms with Crippen molar-refractivity contribution in [1.82, 2.24) is 30.0 Å². The molecule has 0 saturated carbocycles. The molecule has 16 heteroatoms. The van der Waals surface area contributed by atoms with Crippen molar-refractivity contribution in [3.63, 3.8) is 0 Å². The van der Waals surface area contributed by atoms with Gasteiger partial charge in [0.05, 0.1) is 35.8 Å². The summed E-state index contributed by atoms with van der Waals surface area (Å²) in [7, 11) is -2.19. The second kappa shape index (κ2) is 13.8. The van der Waals surface area contributed by atoms with Gasteiger partial charge in [-0.15, -0.1) is 10.2 Å². The van der Waals surface area contributed by atoms with Gasteiger partial charge in [0, 0.05) is 11.1 Å². The lowest BCUT2D eigenvalue weighted by atomic mass is 10.0. The number of aromatic nitrogens is 6. The van der Waals surface area contributed by atoms with E-state index in [0.717, 1.165) is 4.68 Å². The highest BCUT2D eigenvalue weighted by Gasteiger charge is 2.39. The van der Waals surface area contributed by atoms with Crippen LogP contribution in [0.15, 0.2) is 72.8 Å². The van der Waals surface area contributed by atoms with Crippen molar-refractivity contribution < 1.29 is 35.6 Å². The number of nitrogens with zero attached hydrogens (tertiary/aromatic N) is 6. The Morgan fingerprint density at radius 2 is 1.40 bits per heavy atom. The molecule has 0 aliphatic carbocycles. The summed E-state index contributed by atoms with van der Waals surface area (Å²) in [5.41, 5.74) is -2.50. The van der Waals surface area contributed by atoms with Gasteiger partial charge in [-0.1, -0.05) is 91.3 Å². The smallest absolute Gasteiger partial charge is 0.415 e. The zero-order chi connectivity index (χ0) is 36.6. The number of rotatable bonds is 10. The lowest BCUT2D eigenvalue weighted by Crippen LogP contribution is -2.41. The molecule has 0 aliphatic rings. The van der Waals surface area contributed by atoms with E-state index in [-0.39, 0.29) is 52.6 Å². The number of halogens is 7. The summed E-state index contributed by atoms with van der Waals surface area (Å²) in [5.74, 6) is -0.692. The van der Waals surface area contributed by atoms with E-state index in [4.69, 9.17) is 16.0 Å². The molecule has 0 fully saturated rings. The van der Waals surface area contributed by atoms with E-state index in [0.29, 0.717) is 28.3 Å². The van der Waals surface area contributed by atoms with Crippen molar-refractivity contribution in [1.29, 1.82) is 0 Å². The molecule has 0 atom stereocenters. The molecular formula is C34H33ClF6N6O2Si. The van der Waals surface area contributed by atoms with E-state index < -0.39 is 44.1 Å². The first kappa shape index (κ1) is 36.9. The normalized spacial score (nSPS) is 12.8. The Labute approximate surface area is 290 Å². The van der Waals surface area contributed by atoms with Crippen LogP contribution in [-0.2, 0) is 29.9 Å². The second-order valence-electron chi connectivity index (χ2n) is 13.2. The molecule has 0 bridgehead atoms. The van der Waals surface area contributed by atoms with Gasteiger partial charge in [-0.05, 0) is 48.0 Å².